The van der Waals surface area contributed by atoms with Crippen molar-refractivity contribution in [3.63, 3.8) is 0 Å². The number of benzene rings is 2. The van der Waals surface area contributed by atoms with Gasteiger partial charge in [0.1, 0.15) is 11.4 Å². The van der Waals surface area contributed by atoms with Crippen molar-refractivity contribution >= 4 is 46.0 Å². The molecule has 0 N–H and O–H groups in total. The number of fused-ring (bicyclic) bond motifs is 1. The van der Waals surface area contributed by atoms with E-state index in [9.17, 15) is 0 Å². The largest absolute Gasteiger partial charge is 0.243 e. The third-order valence-electron chi connectivity index (χ3n) is 3.93. The van der Waals surface area contributed by atoms with Crippen LogP contribution in [0.1, 0.15) is 11.1 Å². The second kappa shape index (κ2) is 7.66. The summed E-state index contributed by atoms with van der Waals surface area (Å²) in [5, 5.41) is 7.84. The number of halogens is 2. The van der Waals surface area contributed by atoms with Crippen LogP contribution in [0.15, 0.2) is 66.1 Å². The molecule has 2 aromatic carbocycles. The van der Waals surface area contributed by atoms with E-state index in [4.69, 9.17) is 23.2 Å². The van der Waals surface area contributed by atoms with Gasteiger partial charge in [-0.05, 0) is 35.4 Å². The molecule has 26 heavy (non-hydrogen) atoms. The molecule has 4 aromatic rings. The van der Waals surface area contributed by atoms with Crippen LogP contribution in [0.25, 0.3) is 11.0 Å². The molecule has 2 heterocycles. The van der Waals surface area contributed by atoms with Crippen LogP contribution >= 0.6 is 35.0 Å². The van der Waals surface area contributed by atoms with E-state index in [0.29, 0.717) is 6.54 Å². The molecule has 4 rings (SSSR count). The number of aromatic nitrogens is 4. The normalized spacial score (nSPS) is 11.2. The van der Waals surface area contributed by atoms with E-state index < -0.39 is 0 Å². The lowest BCUT2D eigenvalue weighted by Crippen LogP contribution is -2.02. The number of thioether (sulfide) groups is 1. The summed E-state index contributed by atoms with van der Waals surface area (Å²) in [5.74, 6) is 0.811. The predicted octanol–water partition coefficient (Wildman–Crippen LogP) is 5.47. The Kier molecular flexibility index (Phi) is 5.11. The van der Waals surface area contributed by atoms with Crippen molar-refractivity contribution in [2.24, 2.45) is 0 Å². The molecule has 2 aromatic heterocycles. The Hall–Kier alpha value is -2.08. The fraction of sp³-hybridized carbons (Fsp3) is 0.105. The van der Waals surface area contributed by atoms with E-state index >= 15 is 0 Å². The molecule has 0 saturated heterocycles. The molecule has 0 fully saturated rings. The van der Waals surface area contributed by atoms with Crippen LogP contribution < -0.4 is 0 Å². The van der Waals surface area contributed by atoms with E-state index in [0.717, 1.165) is 37.4 Å². The second-order valence-corrected chi connectivity index (χ2v) is 7.60. The van der Waals surface area contributed by atoms with E-state index in [-0.39, 0.29) is 0 Å². The van der Waals surface area contributed by atoms with Crippen LogP contribution in [0.4, 0.5) is 0 Å². The van der Waals surface area contributed by atoms with Gasteiger partial charge in [-0.15, -0.1) is 11.8 Å². The van der Waals surface area contributed by atoms with Crippen LogP contribution in [0.5, 0.6) is 0 Å². The highest BCUT2D eigenvalue weighted by atomic mass is 35.5. The van der Waals surface area contributed by atoms with Crippen molar-refractivity contribution in [3.8, 4) is 0 Å². The third kappa shape index (κ3) is 3.85. The minimum absolute atomic E-state index is 0.638. The summed E-state index contributed by atoms with van der Waals surface area (Å²) in [5.41, 5.74) is 3.14. The van der Waals surface area contributed by atoms with Crippen LogP contribution in [0.2, 0.25) is 10.0 Å². The van der Waals surface area contributed by atoms with Crippen LogP contribution in [-0.4, -0.2) is 19.7 Å². The SMILES string of the molecule is Clc1ccc(CSc2ncnc3c2cnn3Cc2ccc(Cl)cc2)cc1. The van der Waals surface area contributed by atoms with Gasteiger partial charge in [0, 0.05) is 15.8 Å². The molecular formula is C19H14Cl2N4S. The topological polar surface area (TPSA) is 43.6 Å². The van der Waals surface area contributed by atoms with Gasteiger partial charge in [-0.3, -0.25) is 0 Å². The molecule has 0 bridgehead atoms. The van der Waals surface area contributed by atoms with Crippen molar-refractivity contribution < 1.29 is 0 Å². The van der Waals surface area contributed by atoms with Gasteiger partial charge in [-0.2, -0.15) is 5.10 Å². The average Bonchev–Trinajstić information content (AvgIpc) is 3.07. The fourth-order valence-corrected chi connectivity index (χ4v) is 3.77. The van der Waals surface area contributed by atoms with Crippen LogP contribution in [0, 0.1) is 0 Å². The molecular weight excluding hydrogens is 387 g/mol. The van der Waals surface area contributed by atoms with E-state index in [1.807, 2.05) is 59.4 Å². The molecule has 4 nitrogen and oxygen atoms in total. The van der Waals surface area contributed by atoms with Gasteiger partial charge in [0.25, 0.3) is 0 Å². The molecule has 0 spiro atoms. The maximum atomic E-state index is 5.95. The van der Waals surface area contributed by atoms with Gasteiger partial charge in [0.15, 0.2) is 5.65 Å². The number of hydrogen-bond acceptors (Lipinski definition) is 4. The molecule has 7 heteroatoms. The number of nitrogens with zero attached hydrogens (tertiary/aromatic N) is 4. The molecule has 0 aliphatic carbocycles. The van der Waals surface area contributed by atoms with E-state index in [1.165, 1.54) is 5.56 Å². The number of hydrogen-bond donors (Lipinski definition) is 0. The van der Waals surface area contributed by atoms with E-state index in [2.05, 4.69) is 15.1 Å². The summed E-state index contributed by atoms with van der Waals surface area (Å²) in [4.78, 5) is 8.84. The van der Waals surface area contributed by atoms with Crippen molar-refractivity contribution in [1.82, 2.24) is 19.7 Å². The first-order chi connectivity index (χ1) is 12.7. The highest BCUT2D eigenvalue weighted by Gasteiger charge is 2.11. The maximum absolute atomic E-state index is 5.95. The number of rotatable bonds is 5. The summed E-state index contributed by atoms with van der Waals surface area (Å²) in [6.07, 6.45) is 3.42. The smallest absolute Gasteiger partial charge is 0.162 e. The fourth-order valence-electron chi connectivity index (χ4n) is 2.60. The molecule has 0 radical (unpaired) electrons. The van der Waals surface area contributed by atoms with Crippen LogP contribution in [0.3, 0.4) is 0 Å². The van der Waals surface area contributed by atoms with Crippen LogP contribution in [-0.2, 0) is 12.3 Å². The van der Waals surface area contributed by atoms with Crippen molar-refractivity contribution in [3.05, 3.63) is 82.2 Å². The Balaban J connectivity index is 1.56. The molecule has 0 unspecified atom stereocenters. The summed E-state index contributed by atoms with van der Waals surface area (Å²) < 4.78 is 1.88. The lowest BCUT2D eigenvalue weighted by atomic mass is 10.2. The summed E-state index contributed by atoms with van der Waals surface area (Å²) in [6.45, 7) is 0.638. The first-order valence-corrected chi connectivity index (χ1v) is 9.71. The molecule has 0 aliphatic rings. The Morgan fingerprint density at radius 1 is 0.846 bits per heavy atom. The highest BCUT2D eigenvalue weighted by molar-refractivity contribution is 7.98. The standard InChI is InChI=1S/C19H14Cl2N4S/c20-15-5-1-13(2-6-15)10-25-18-17(9-24-25)19(23-12-22-18)26-11-14-3-7-16(21)8-4-14/h1-9,12H,10-11H2. The van der Waals surface area contributed by atoms with Gasteiger partial charge in [0.2, 0.25) is 0 Å². The summed E-state index contributed by atoms with van der Waals surface area (Å²) >= 11 is 13.6. The molecule has 0 amide bonds. The third-order valence-corrected chi connectivity index (χ3v) is 5.51. The lowest BCUT2D eigenvalue weighted by Gasteiger charge is -2.05. The van der Waals surface area contributed by atoms with Crippen molar-refractivity contribution in [1.29, 1.82) is 0 Å². The Morgan fingerprint density at radius 3 is 2.19 bits per heavy atom. The van der Waals surface area contributed by atoms with Crippen molar-refractivity contribution in [2.45, 2.75) is 17.3 Å². The monoisotopic (exact) mass is 400 g/mol. The van der Waals surface area contributed by atoms with Crippen molar-refractivity contribution in [2.75, 3.05) is 0 Å². The molecule has 0 atom stereocenters. The highest BCUT2D eigenvalue weighted by Crippen LogP contribution is 2.28. The minimum atomic E-state index is 0.638. The molecule has 0 saturated carbocycles. The average molecular weight is 401 g/mol. The second-order valence-electron chi connectivity index (χ2n) is 5.76. The Morgan fingerprint density at radius 2 is 1.50 bits per heavy atom. The molecule has 0 aliphatic heterocycles. The first-order valence-electron chi connectivity index (χ1n) is 7.97. The zero-order valence-corrected chi connectivity index (χ0v) is 16.0. The van der Waals surface area contributed by atoms with Gasteiger partial charge in [-0.1, -0.05) is 47.5 Å². The quantitative estimate of drug-likeness (QED) is 0.328. The lowest BCUT2D eigenvalue weighted by molar-refractivity contribution is 0.703. The van der Waals surface area contributed by atoms with Gasteiger partial charge in [-0.25, -0.2) is 14.6 Å². The Bertz CT molecular complexity index is 1030. The first kappa shape index (κ1) is 17.3. The zero-order chi connectivity index (χ0) is 17.9. The molecule has 130 valence electrons. The summed E-state index contributed by atoms with van der Waals surface area (Å²) in [6, 6.07) is 15.6. The predicted molar refractivity (Wildman–Crippen MR) is 107 cm³/mol. The summed E-state index contributed by atoms with van der Waals surface area (Å²) in [7, 11) is 0. The zero-order valence-electron chi connectivity index (χ0n) is 13.6. The minimum Gasteiger partial charge on any atom is -0.243 e. The van der Waals surface area contributed by atoms with Gasteiger partial charge in [0.05, 0.1) is 18.1 Å². The maximum Gasteiger partial charge on any atom is 0.162 e. The van der Waals surface area contributed by atoms with E-state index in [1.54, 1.807) is 18.1 Å². The Labute approximate surface area is 165 Å². The van der Waals surface area contributed by atoms with Gasteiger partial charge < -0.3 is 0 Å². The van der Waals surface area contributed by atoms with Gasteiger partial charge >= 0.3 is 0 Å².